The summed E-state index contributed by atoms with van der Waals surface area (Å²) < 4.78 is 16.7. The fraction of sp³-hybridized carbons (Fsp3) is 0.381. The highest BCUT2D eigenvalue weighted by Gasteiger charge is 2.23. The second-order valence-electron chi connectivity index (χ2n) is 7.43. The fourth-order valence-corrected chi connectivity index (χ4v) is 3.42. The third-order valence-corrected chi connectivity index (χ3v) is 4.60. The van der Waals surface area contributed by atoms with Crippen molar-refractivity contribution in [1.29, 1.82) is 0 Å². The Morgan fingerprint density at radius 1 is 1.18 bits per heavy atom. The molecule has 0 spiro atoms. The van der Waals surface area contributed by atoms with Crippen molar-refractivity contribution in [2.45, 2.75) is 46.3 Å². The van der Waals surface area contributed by atoms with Gasteiger partial charge in [0.2, 0.25) is 0 Å². The number of esters is 1. The molecule has 7 nitrogen and oxygen atoms in total. The van der Waals surface area contributed by atoms with Crippen LogP contribution >= 0.6 is 0 Å². The highest BCUT2D eigenvalue weighted by atomic mass is 16.5. The number of aromatic nitrogens is 3. The van der Waals surface area contributed by atoms with Gasteiger partial charge in [-0.3, -0.25) is 0 Å². The topological polar surface area (TPSA) is 90.2 Å². The van der Waals surface area contributed by atoms with Crippen LogP contribution < -0.4 is 0 Å². The first-order chi connectivity index (χ1) is 13.4. The van der Waals surface area contributed by atoms with Crippen molar-refractivity contribution in [3.8, 4) is 0 Å². The number of aromatic amines is 1. The molecule has 0 fully saturated rings. The molecule has 4 aromatic rings. The summed E-state index contributed by atoms with van der Waals surface area (Å²) in [5, 5.41) is 1.76. The molecule has 146 valence electrons. The Morgan fingerprint density at radius 3 is 2.64 bits per heavy atom. The smallest absolute Gasteiger partial charge is 0.357 e. The SMILES string of the molecule is COCc1c(C(=O)OC(C)C)ncc2[nH]c3ccc4oc(C(C)C)nc4c3c12. The molecule has 0 radical (unpaired) electrons. The number of rotatable bonds is 5. The molecule has 0 amide bonds. The molecule has 0 saturated heterocycles. The lowest BCUT2D eigenvalue weighted by molar-refractivity contribution is 0.0366. The second kappa shape index (κ2) is 6.91. The lowest BCUT2D eigenvalue weighted by Crippen LogP contribution is -2.15. The number of nitrogens with one attached hydrogen (secondary N) is 1. The van der Waals surface area contributed by atoms with Gasteiger partial charge in [-0.25, -0.2) is 14.8 Å². The zero-order valence-electron chi connectivity index (χ0n) is 16.6. The number of pyridine rings is 1. The van der Waals surface area contributed by atoms with Crippen LogP contribution in [0.4, 0.5) is 0 Å². The van der Waals surface area contributed by atoms with Crippen molar-refractivity contribution in [1.82, 2.24) is 15.0 Å². The van der Waals surface area contributed by atoms with Crippen molar-refractivity contribution in [3.63, 3.8) is 0 Å². The van der Waals surface area contributed by atoms with Crippen LogP contribution in [-0.2, 0) is 16.1 Å². The summed E-state index contributed by atoms with van der Waals surface area (Å²) in [6, 6.07) is 3.86. The van der Waals surface area contributed by atoms with Crippen LogP contribution in [0.15, 0.2) is 22.7 Å². The molecule has 1 N–H and O–H groups in total. The maximum atomic E-state index is 12.6. The van der Waals surface area contributed by atoms with Crippen LogP contribution in [0.3, 0.4) is 0 Å². The lowest BCUT2D eigenvalue weighted by atomic mass is 10.0. The number of hydrogen-bond acceptors (Lipinski definition) is 6. The van der Waals surface area contributed by atoms with Crippen molar-refractivity contribution < 1.29 is 18.7 Å². The average Bonchev–Trinajstić information content (AvgIpc) is 3.22. The van der Waals surface area contributed by atoms with Gasteiger partial charge in [-0.2, -0.15) is 0 Å². The third kappa shape index (κ3) is 2.92. The quantitative estimate of drug-likeness (QED) is 0.504. The summed E-state index contributed by atoms with van der Waals surface area (Å²) in [6.45, 7) is 7.93. The van der Waals surface area contributed by atoms with E-state index in [1.807, 2.05) is 39.8 Å². The second-order valence-corrected chi connectivity index (χ2v) is 7.43. The van der Waals surface area contributed by atoms with Gasteiger partial charge in [-0.1, -0.05) is 13.8 Å². The summed E-state index contributed by atoms with van der Waals surface area (Å²) in [7, 11) is 1.59. The number of benzene rings is 1. The molecule has 0 saturated carbocycles. The highest BCUT2D eigenvalue weighted by molar-refractivity contribution is 6.20. The number of nitrogens with zero attached hydrogens (tertiary/aromatic N) is 2. The third-order valence-electron chi connectivity index (χ3n) is 4.60. The van der Waals surface area contributed by atoms with Crippen LogP contribution in [-0.4, -0.2) is 34.1 Å². The number of H-pyrrole nitrogens is 1. The van der Waals surface area contributed by atoms with Gasteiger partial charge in [0.05, 0.1) is 24.4 Å². The number of hydrogen-bond donors (Lipinski definition) is 1. The van der Waals surface area contributed by atoms with Crippen LogP contribution in [0.2, 0.25) is 0 Å². The summed E-state index contributed by atoms with van der Waals surface area (Å²) in [4.78, 5) is 25.1. The van der Waals surface area contributed by atoms with E-state index in [-0.39, 0.29) is 24.3 Å². The monoisotopic (exact) mass is 381 g/mol. The summed E-state index contributed by atoms with van der Waals surface area (Å²) in [5.41, 5.74) is 4.12. The van der Waals surface area contributed by atoms with Crippen molar-refractivity contribution in [3.05, 3.63) is 35.5 Å². The van der Waals surface area contributed by atoms with E-state index < -0.39 is 5.97 Å². The fourth-order valence-electron chi connectivity index (χ4n) is 3.42. The molecule has 3 heterocycles. The summed E-state index contributed by atoms with van der Waals surface area (Å²) >= 11 is 0. The molecular weight excluding hydrogens is 358 g/mol. The van der Waals surface area contributed by atoms with E-state index in [1.165, 1.54) is 0 Å². The van der Waals surface area contributed by atoms with Crippen molar-refractivity contribution in [2.75, 3.05) is 7.11 Å². The number of carbonyl (C=O) groups is 1. The van der Waals surface area contributed by atoms with E-state index >= 15 is 0 Å². The highest BCUT2D eigenvalue weighted by Crippen LogP contribution is 2.36. The average molecular weight is 381 g/mol. The Bertz CT molecular complexity index is 1190. The molecular formula is C21H23N3O4. The minimum absolute atomic E-state index is 0.171. The summed E-state index contributed by atoms with van der Waals surface area (Å²) in [6.07, 6.45) is 1.42. The molecule has 0 atom stereocenters. The van der Waals surface area contributed by atoms with Gasteiger partial charge >= 0.3 is 5.97 Å². The first kappa shape index (κ1) is 18.4. The van der Waals surface area contributed by atoms with Crippen LogP contribution in [0.1, 0.15) is 55.6 Å². The normalized spacial score (nSPS) is 12.1. The lowest BCUT2D eigenvalue weighted by Gasteiger charge is -2.11. The Labute approximate surface area is 162 Å². The van der Waals surface area contributed by atoms with E-state index in [4.69, 9.17) is 18.9 Å². The van der Waals surface area contributed by atoms with E-state index in [0.29, 0.717) is 17.0 Å². The molecule has 4 rings (SSSR count). The van der Waals surface area contributed by atoms with Crippen LogP contribution in [0.5, 0.6) is 0 Å². The Morgan fingerprint density at radius 2 is 1.96 bits per heavy atom. The molecule has 0 aliphatic heterocycles. The van der Waals surface area contributed by atoms with Gasteiger partial charge in [0, 0.05) is 34.9 Å². The Balaban J connectivity index is 2.07. The molecule has 7 heteroatoms. The predicted octanol–water partition coefficient (Wildman–Crippen LogP) is 4.69. The van der Waals surface area contributed by atoms with Crippen LogP contribution in [0.25, 0.3) is 32.9 Å². The van der Waals surface area contributed by atoms with Crippen LogP contribution in [0, 0.1) is 0 Å². The van der Waals surface area contributed by atoms with Gasteiger partial charge in [0.1, 0.15) is 5.52 Å². The van der Waals surface area contributed by atoms with Gasteiger partial charge in [0.15, 0.2) is 17.2 Å². The van der Waals surface area contributed by atoms with E-state index in [9.17, 15) is 4.79 Å². The molecule has 0 bridgehead atoms. The Hall–Kier alpha value is -2.93. The molecule has 0 aliphatic carbocycles. The zero-order valence-corrected chi connectivity index (χ0v) is 16.6. The van der Waals surface area contributed by atoms with E-state index in [0.717, 1.165) is 27.3 Å². The van der Waals surface area contributed by atoms with Gasteiger partial charge in [-0.15, -0.1) is 0 Å². The number of fused-ring (bicyclic) bond motifs is 5. The first-order valence-electron chi connectivity index (χ1n) is 9.33. The largest absolute Gasteiger partial charge is 0.458 e. The van der Waals surface area contributed by atoms with Gasteiger partial charge < -0.3 is 18.9 Å². The molecule has 0 aliphatic rings. The number of ether oxygens (including phenoxy) is 2. The van der Waals surface area contributed by atoms with Gasteiger partial charge in [0.25, 0.3) is 0 Å². The number of methoxy groups -OCH3 is 1. The maximum absolute atomic E-state index is 12.6. The van der Waals surface area contributed by atoms with Crippen molar-refractivity contribution >= 4 is 38.9 Å². The first-order valence-corrected chi connectivity index (χ1v) is 9.33. The Kier molecular flexibility index (Phi) is 4.55. The molecule has 28 heavy (non-hydrogen) atoms. The standard InChI is InChI=1S/C21H23N3O4/c1-10(2)20-24-19-15(28-20)7-6-13-17(19)16-12(9-26-5)18(21(25)27-11(3)4)22-8-14(16)23-13/h6-8,10-11,23H,9H2,1-5H3. The molecule has 0 unspecified atom stereocenters. The van der Waals surface area contributed by atoms with Crippen molar-refractivity contribution in [2.24, 2.45) is 0 Å². The minimum Gasteiger partial charge on any atom is -0.458 e. The maximum Gasteiger partial charge on any atom is 0.357 e. The number of oxazole rings is 1. The van der Waals surface area contributed by atoms with Gasteiger partial charge in [-0.05, 0) is 26.0 Å². The minimum atomic E-state index is -0.464. The molecule has 3 aromatic heterocycles. The predicted molar refractivity (Wildman–Crippen MR) is 107 cm³/mol. The van der Waals surface area contributed by atoms with E-state index in [2.05, 4.69) is 9.97 Å². The zero-order chi connectivity index (χ0) is 20.0. The summed E-state index contributed by atoms with van der Waals surface area (Å²) in [5.74, 6) is 0.386. The van der Waals surface area contributed by atoms with E-state index in [1.54, 1.807) is 13.3 Å². The molecule has 1 aromatic carbocycles. The number of carbonyl (C=O) groups excluding carboxylic acids is 1.